The Morgan fingerprint density at radius 3 is 2.75 bits per heavy atom. The predicted octanol–water partition coefficient (Wildman–Crippen LogP) is 0.522. The van der Waals surface area contributed by atoms with Crippen LogP contribution in [0.1, 0.15) is 5.82 Å². The van der Waals surface area contributed by atoms with E-state index in [0.29, 0.717) is 17.9 Å². The Bertz CT molecular complexity index is 708. The number of sulfonamides is 1. The first kappa shape index (κ1) is 14.4. The summed E-state index contributed by atoms with van der Waals surface area (Å²) in [4.78, 5) is 4.34. The van der Waals surface area contributed by atoms with Gasteiger partial charge in [-0.1, -0.05) is 0 Å². The largest absolute Gasteiger partial charge is 0.397 e. The lowest BCUT2D eigenvalue weighted by molar-refractivity contribution is 0.588. The van der Waals surface area contributed by atoms with E-state index in [9.17, 15) is 8.42 Å². The van der Waals surface area contributed by atoms with Crippen molar-refractivity contribution in [3.8, 4) is 0 Å². The predicted molar refractivity (Wildman–Crippen MR) is 77.6 cm³/mol. The lowest BCUT2D eigenvalue weighted by atomic mass is 10.2. The van der Waals surface area contributed by atoms with Gasteiger partial charge < -0.3 is 15.6 Å². The number of rotatable bonds is 5. The molecule has 0 amide bonds. The third-order valence-corrected chi connectivity index (χ3v) is 4.37. The second-order valence-electron chi connectivity index (χ2n) is 4.26. The van der Waals surface area contributed by atoms with Crippen molar-refractivity contribution in [3.05, 3.63) is 36.4 Å². The molecule has 2 rings (SSSR count). The van der Waals surface area contributed by atoms with Crippen LogP contribution in [0.3, 0.4) is 0 Å². The maximum absolute atomic E-state index is 11.8. The van der Waals surface area contributed by atoms with Crippen molar-refractivity contribution in [1.82, 2.24) is 14.3 Å². The highest BCUT2D eigenvalue weighted by Crippen LogP contribution is 2.23. The highest BCUT2D eigenvalue weighted by molar-refractivity contribution is 7.89. The van der Waals surface area contributed by atoms with Gasteiger partial charge in [-0.3, -0.25) is 0 Å². The van der Waals surface area contributed by atoms with Crippen LogP contribution in [0.15, 0.2) is 35.5 Å². The number of nitrogen functional groups attached to an aromatic ring is 1. The molecule has 0 unspecified atom stereocenters. The Balaban J connectivity index is 2.24. The second kappa shape index (κ2) is 5.51. The SMILES string of the molecule is CNS(=O)(=O)c1ccc(N)c(NCc2nccn2C)c1. The molecule has 0 aliphatic rings. The number of anilines is 2. The summed E-state index contributed by atoms with van der Waals surface area (Å²) in [7, 11) is -0.232. The number of nitrogens with zero attached hydrogens (tertiary/aromatic N) is 2. The van der Waals surface area contributed by atoms with Crippen LogP contribution in [0.5, 0.6) is 0 Å². The molecule has 1 heterocycles. The van der Waals surface area contributed by atoms with Crippen LogP contribution in [0, 0.1) is 0 Å². The first-order valence-corrected chi connectivity index (χ1v) is 7.45. The van der Waals surface area contributed by atoms with Crippen LogP contribution >= 0.6 is 0 Å². The molecule has 20 heavy (non-hydrogen) atoms. The molecule has 0 aliphatic carbocycles. The zero-order chi connectivity index (χ0) is 14.8. The van der Waals surface area contributed by atoms with E-state index < -0.39 is 10.0 Å². The van der Waals surface area contributed by atoms with Crippen molar-refractivity contribution in [2.45, 2.75) is 11.4 Å². The normalized spacial score (nSPS) is 11.5. The smallest absolute Gasteiger partial charge is 0.240 e. The Morgan fingerprint density at radius 1 is 1.40 bits per heavy atom. The molecular weight excluding hydrogens is 278 g/mol. The molecule has 0 fully saturated rings. The number of hydrogen-bond acceptors (Lipinski definition) is 5. The number of hydrogen-bond donors (Lipinski definition) is 3. The lowest BCUT2D eigenvalue weighted by Gasteiger charge is -2.11. The molecule has 0 spiro atoms. The minimum absolute atomic E-state index is 0.163. The van der Waals surface area contributed by atoms with Crippen molar-refractivity contribution >= 4 is 21.4 Å². The minimum atomic E-state index is -3.48. The zero-order valence-electron chi connectivity index (χ0n) is 11.3. The molecule has 0 saturated heterocycles. The average molecular weight is 295 g/mol. The molecule has 1 aromatic heterocycles. The van der Waals surface area contributed by atoms with E-state index in [0.717, 1.165) is 5.82 Å². The lowest BCUT2D eigenvalue weighted by Crippen LogP contribution is -2.19. The number of nitrogens with two attached hydrogens (primary N) is 1. The highest BCUT2D eigenvalue weighted by atomic mass is 32.2. The summed E-state index contributed by atoms with van der Waals surface area (Å²) < 4.78 is 27.7. The van der Waals surface area contributed by atoms with Crippen molar-refractivity contribution in [2.24, 2.45) is 7.05 Å². The number of aromatic nitrogens is 2. The Morgan fingerprint density at radius 2 is 2.15 bits per heavy atom. The third-order valence-electron chi connectivity index (χ3n) is 2.96. The van der Waals surface area contributed by atoms with Crippen LogP contribution in [0.4, 0.5) is 11.4 Å². The van der Waals surface area contributed by atoms with Gasteiger partial charge in [-0.2, -0.15) is 0 Å². The van der Waals surface area contributed by atoms with Crippen molar-refractivity contribution in [2.75, 3.05) is 18.1 Å². The van der Waals surface area contributed by atoms with Gasteiger partial charge in [0.25, 0.3) is 0 Å². The van der Waals surface area contributed by atoms with E-state index in [2.05, 4.69) is 15.0 Å². The molecular formula is C12H17N5O2S. The molecule has 108 valence electrons. The standard InChI is InChI=1S/C12H17N5O2S/c1-14-20(18,19)9-3-4-10(13)11(7-9)16-8-12-15-5-6-17(12)2/h3-7,14,16H,8,13H2,1-2H3. The summed E-state index contributed by atoms with van der Waals surface area (Å²) in [6.45, 7) is 0.455. The number of imidazole rings is 1. The summed E-state index contributed by atoms with van der Waals surface area (Å²) in [6, 6.07) is 4.53. The van der Waals surface area contributed by atoms with Gasteiger partial charge in [0, 0.05) is 19.4 Å². The van der Waals surface area contributed by atoms with Gasteiger partial charge in [0.15, 0.2) is 0 Å². The second-order valence-corrected chi connectivity index (χ2v) is 6.15. The Hall–Kier alpha value is -2.06. The van der Waals surface area contributed by atoms with Gasteiger partial charge >= 0.3 is 0 Å². The summed E-state index contributed by atoms with van der Waals surface area (Å²) >= 11 is 0. The van der Waals surface area contributed by atoms with Gasteiger partial charge in [-0.05, 0) is 25.2 Å². The molecule has 0 aliphatic heterocycles. The van der Waals surface area contributed by atoms with Gasteiger partial charge in [0.2, 0.25) is 10.0 Å². The molecule has 0 bridgehead atoms. The van der Waals surface area contributed by atoms with Crippen LogP contribution in [0.25, 0.3) is 0 Å². The maximum atomic E-state index is 11.8. The highest BCUT2D eigenvalue weighted by Gasteiger charge is 2.13. The summed E-state index contributed by atoms with van der Waals surface area (Å²) in [5, 5.41) is 3.09. The van der Waals surface area contributed by atoms with Crippen LogP contribution < -0.4 is 15.8 Å². The van der Waals surface area contributed by atoms with Crippen LogP contribution in [-0.4, -0.2) is 25.0 Å². The molecule has 0 atom stereocenters. The molecule has 7 nitrogen and oxygen atoms in total. The minimum Gasteiger partial charge on any atom is -0.397 e. The quantitative estimate of drug-likeness (QED) is 0.698. The van der Waals surface area contributed by atoms with Crippen molar-refractivity contribution in [1.29, 1.82) is 0 Å². The fourth-order valence-electron chi connectivity index (χ4n) is 1.71. The van der Waals surface area contributed by atoms with E-state index in [1.807, 2.05) is 17.8 Å². The first-order valence-electron chi connectivity index (χ1n) is 5.97. The monoisotopic (exact) mass is 295 g/mol. The number of aryl methyl sites for hydroxylation is 1. The Kier molecular flexibility index (Phi) is 3.96. The van der Waals surface area contributed by atoms with E-state index in [1.165, 1.54) is 19.2 Å². The fourth-order valence-corrected chi connectivity index (χ4v) is 2.47. The van der Waals surface area contributed by atoms with Gasteiger partial charge in [0.05, 0.1) is 22.8 Å². The van der Waals surface area contributed by atoms with E-state index in [1.54, 1.807) is 12.3 Å². The molecule has 0 saturated carbocycles. The maximum Gasteiger partial charge on any atom is 0.240 e. The van der Waals surface area contributed by atoms with Crippen molar-refractivity contribution in [3.63, 3.8) is 0 Å². The third kappa shape index (κ3) is 2.91. The molecule has 4 N–H and O–H groups in total. The Labute approximate surface area is 117 Å². The average Bonchev–Trinajstić information content (AvgIpc) is 2.83. The molecule has 0 radical (unpaired) electrons. The molecule has 1 aromatic carbocycles. The van der Waals surface area contributed by atoms with Crippen LogP contribution in [0.2, 0.25) is 0 Å². The van der Waals surface area contributed by atoms with Crippen molar-refractivity contribution < 1.29 is 8.42 Å². The number of benzene rings is 1. The summed E-state index contributed by atoms with van der Waals surface area (Å²) in [5.74, 6) is 0.825. The van der Waals surface area contributed by atoms with Gasteiger partial charge in [0.1, 0.15) is 5.82 Å². The summed E-state index contributed by atoms with van der Waals surface area (Å²) in [5.41, 5.74) is 6.89. The van der Waals surface area contributed by atoms with Gasteiger partial charge in [-0.15, -0.1) is 0 Å². The molecule has 8 heteroatoms. The zero-order valence-corrected chi connectivity index (χ0v) is 12.1. The first-order chi connectivity index (χ1) is 9.44. The number of nitrogens with one attached hydrogen (secondary N) is 2. The van der Waals surface area contributed by atoms with E-state index in [-0.39, 0.29) is 4.90 Å². The topological polar surface area (TPSA) is 102 Å². The summed E-state index contributed by atoms with van der Waals surface area (Å²) in [6.07, 6.45) is 3.53. The van der Waals surface area contributed by atoms with Gasteiger partial charge in [-0.25, -0.2) is 18.1 Å². The van der Waals surface area contributed by atoms with Crippen LogP contribution in [-0.2, 0) is 23.6 Å². The van der Waals surface area contributed by atoms with E-state index >= 15 is 0 Å². The molecule has 2 aromatic rings. The fraction of sp³-hybridized carbons (Fsp3) is 0.250. The van der Waals surface area contributed by atoms with E-state index in [4.69, 9.17) is 5.73 Å².